The minimum Gasteiger partial charge on any atom is -0.358 e. The van der Waals surface area contributed by atoms with Crippen LogP contribution in [0.2, 0.25) is 0 Å². The van der Waals surface area contributed by atoms with Crippen molar-refractivity contribution in [3.05, 3.63) is 99.0 Å². The Morgan fingerprint density at radius 3 is 2.41 bits per heavy atom. The van der Waals surface area contributed by atoms with Gasteiger partial charge in [-0.1, -0.05) is 36.0 Å². The number of Topliss-reactive ketones (excluding diaryl/α,β-unsaturated/α-hetero) is 1. The van der Waals surface area contributed by atoms with Crippen molar-refractivity contribution < 1.29 is 9.59 Å². The molecule has 2 N–H and O–H groups in total. The summed E-state index contributed by atoms with van der Waals surface area (Å²) in [4.78, 5) is 48.0. The number of fused-ring (bicyclic) bond motifs is 2. The molecule has 0 radical (unpaired) electrons. The number of hydrogen-bond donors (Lipinski definition) is 2. The molecule has 2 heterocycles. The standard InChI is InChI=1S/C31H30N4O3S/c1-17(2)32-29(37)21-10-11-24-26(15-21)34-31(35(30(24)38)22-13-18(3)12-19(4)14-22)39-16-27(36)28-20(5)33-25-9-7-6-8-23(25)28/h6-15,17,33H,16H2,1-5H3,(H,32,37). The van der Waals surface area contributed by atoms with Crippen LogP contribution in [0.15, 0.2) is 70.6 Å². The highest BCUT2D eigenvalue weighted by molar-refractivity contribution is 7.99. The fourth-order valence-corrected chi connectivity index (χ4v) is 5.78. The first-order valence-electron chi connectivity index (χ1n) is 12.8. The van der Waals surface area contributed by atoms with Gasteiger partial charge in [0, 0.05) is 33.8 Å². The Morgan fingerprint density at radius 1 is 0.974 bits per heavy atom. The Hall–Kier alpha value is -4.17. The number of carbonyl (C=O) groups excluding carboxylic acids is 2. The Labute approximate surface area is 230 Å². The van der Waals surface area contributed by atoms with Crippen molar-refractivity contribution in [1.29, 1.82) is 0 Å². The third-order valence-corrected chi connectivity index (χ3v) is 7.43. The number of hydrogen-bond acceptors (Lipinski definition) is 5. The number of thioether (sulfide) groups is 1. The van der Waals surface area contributed by atoms with E-state index in [0.717, 1.165) is 27.7 Å². The van der Waals surface area contributed by atoms with Crippen LogP contribution in [0, 0.1) is 20.8 Å². The van der Waals surface area contributed by atoms with Crippen LogP contribution in [0.4, 0.5) is 0 Å². The number of H-pyrrole nitrogens is 1. The molecule has 0 aliphatic heterocycles. The van der Waals surface area contributed by atoms with E-state index in [4.69, 9.17) is 4.98 Å². The van der Waals surface area contributed by atoms with Crippen molar-refractivity contribution >= 4 is 45.3 Å². The van der Waals surface area contributed by atoms with Gasteiger partial charge in [0.2, 0.25) is 0 Å². The first-order valence-corrected chi connectivity index (χ1v) is 13.8. The lowest BCUT2D eigenvalue weighted by atomic mass is 10.1. The predicted octanol–water partition coefficient (Wildman–Crippen LogP) is 5.91. The fourth-order valence-electron chi connectivity index (χ4n) is 4.89. The molecule has 5 rings (SSSR count). The SMILES string of the molecule is Cc1cc(C)cc(-n2c(SCC(=O)c3c(C)[nH]c4ccccc34)nc3cc(C(=O)NC(C)C)ccc3c2=O)c1. The van der Waals surface area contributed by atoms with Crippen molar-refractivity contribution in [2.75, 3.05) is 5.75 Å². The maximum Gasteiger partial charge on any atom is 0.266 e. The Kier molecular flexibility index (Phi) is 7.14. The Bertz CT molecular complexity index is 1800. The second-order valence-corrected chi connectivity index (χ2v) is 11.1. The van der Waals surface area contributed by atoms with E-state index in [2.05, 4.69) is 10.3 Å². The number of carbonyl (C=O) groups is 2. The molecular formula is C31H30N4O3S. The molecule has 0 saturated carbocycles. The van der Waals surface area contributed by atoms with E-state index >= 15 is 0 Å². The summed E-state index contributed by atoms with van der Waals surface area (Å²) in [7, 11) is 0. The molecule has 0 fully saturated rings. The quantitative estimate of drug-likeness (QED) is 0.153. The molecule has 7 nitrogen and oxygen atoms in total. The van der Waals surface area contributed by atoms with Crippen LogP contribution in [0.1, 0.15) is 51.4 Å². The van der Waals surface area contributed by atoms with Gasteiger partial charge in [-0.15, -0.1) is 0 Å². The van der Waals surface area contributed by atoms with E-state index in [0.29, 0.717) is 32.9 Å². The number of amides is 1. The van der Waals surface area contributed by atoms with E-state index in [9.17, 15) is 14.4 Å². The zero-order valence-electron chi connectivity index (χ0n) is 22.6. The molecular weight excluding hydrogens is 508 g/mol. The van der Waals surface area contributed by atoms with Gasteiger partial charge in [0.25, 0.3) is 11.5 Å². The van der Waals surface area contributed by atoms with Crippen molar-refractivity contribution in [3.8, 4) is 5.69 Å². The summed E-state index contributed by atoms with van der Waals surface area (Å²) in [6.07, 6.45) is 0. The van der Waals surface area contributed by atoms with Crippen molar-refractivity contribution in [3.63, 3.8) is 0 Å². The monoisotopic (exact) mass is 538 g/mol. The first-order chi connectivity index (χ1) is 18.6. The Morgan fingerprint density at radius 2 is 1.69 bits per heavy atom. The van der Waals surface area contributed by atoms with Crippen LogP contribution in [0.25, 0.3) is 27.5 Å². The number of aryl methyl sites for hydroxylation is 3. The molecule has 0 atom stereocenters. The van der Waals surface area contributed by atoms with Gasteiger partial charge in [-0.05, 0) is 82.1 Å². The molecule has 0 unspecified atom stereocenters. The van der Waals surface area contributed by atoms with Crippen molar-refractivity contribution in [2.24, 2.45) is 0 Å². The number of nitrogens with one attached hydrogen (secondary N) is 2. The van der Waals surface area contributed by atoms with Gasteiger partial charge in [0.1, 0.15) is 0 Å². The normalized spacial score (nSPS) is 11.4. The lowest BCUT2D eigenvalue weighted by Crippen LogP contribution is -2.30. The van der Waals surface area contributed by atoms with Gasteiger partial charge < -0.3 is 10.3 Å². The molecule has 0 aliphatic carbocycles. The van der Waals surface area contributed by atoms with E-state index in [1.54, 1.807) is 22.8 Å². The molecule has 0 aliphatic rings. The Balaban J connectivity index is 1.61. The summed E-state index contributed by atoms with van der Waals surface area (Å²) in [6, 6.07) is 18.5. The van der Waals surface area contributed by atoms with E-state index in [-0.39, 0.29) is 29.0 Å². The van der Waals surface area contributed by atoms with Crippen LogP contribution in [-0.4, -0.2) is 38.0 Å². The van der Waals surface area contributed by atoms with E-state index in [1.165, 1.54) is 11.8 Å². The third kappa shape index (κ3) is 5.25. The number of nitrogens with zero attached hydrogens (tertiary/aromatic N) is 2. The second kappa shape index (κ2) is 10.5. The van der Waals surface area contributed by atoms with Crippen LogP contribution in [-0.2, 0) is 0 Å². The molecule has 5 aromatic rings. The summed E-state index contributed by atoms with van der Waals surface area (Å²) >= 11 is 1.22. The van der Waals surface area contributed by atoms with Crippen LogP contribution in [0.3, 0.4) is 0 Å². The molecule has 198 valence electrons. The van der Waals surface area contributed by atoms with Crippen molar-refractivity contribution in [1.82, 2.24) is 19.9 Å². The average molecular weight is 539 g/mol. The summed E-state index contributed by atoms with van der Waals surface area (Å²) < 4.78 is 1.57. The number of benzene rings is 3. The van der Waals surface area contributed by atoms with Gasteiger partial charge >= 0.3 is 0 Å². The molecule has 39 heavy (non-hydrogen) atoms. The van der Waals surface area contributed by atoms with Crippen LogP contribution < -0.4 is 10.9 Å². The molecule has 0 saturated heterocycles. The van der Waals surface area contributed by atoms with E-state index < -0.39 is 0 Å². The number of para-hydroxylation sites is 1. The maximum absolute atomic E-state index is 13.9. The molecule has 8 heteroatoms. The highest BCUT2D eigenvalue weighted by Crippen LogP contribution is 2.27. The summed E-state index contributed by atoms with van der Waals surface area (Å²) in [5, 5.41) is 4.54. The van der Waals surface area contributed by atoms with Crippen LogP contribution in [0.5, 0.6) is 0 Å². The third-order valence-electron chi connectivity index (χ3n) is 6.49. The van der Waals surface area contributed by atoms with E-state index in [1.807, 2.05) is 77.1 Å². The number of aromatic amines is 1. The fraction of sp³-hybridized carbons (Fsp3) is 0.226. The highest BCUT2D eigenvalue weighted by atomic mass is 32.2. The van der Waals surface area contributed by atoms with Gasteiger partial charge in [-0.25, -0.2) is 4.98 Å². The van der Waals surface area contributed by atoms with Gasteiger partial charge in [0.05, 0.1) is 22.3 Å². The van der Waals surface area contributed by atoms with Gasteiger partial charge in [-0.2, -0.15) is 0 Å². The number of aromatic nitrogens is 3. The topological polar surface area (TPSA) is 96.8 Å². The van der Waals surface area contributed by atoms with Crippen molar-refractivity contribution in [2.45, 2.75) is 45.8 Å². The smallest absolute Gasteiger partial charge is 0.266 e. The second-order valence-electron chi connectivity index (χ2n) is 10.1. The lowest BCUT2D eigenvalue weighted by molar-refractivity contribution is 0.0942. The predicted molar refractivity (Wildman–Crippen MR) is 158 cm³/mol. The van der Waals surface area contributed by atoms with Gasteiger partial charge in [-0.3, -0.25) is 19.0 Å². The minimum atomic E-state index is -0.251. The summed E-state index contributed by atoms with van der Waals surface area (Å²) in [5.74, 6) is -0.188. The zero-order valence-corrected chi connectivity index (χ0v) is 23.4. The maximum atomic E-state index is 13.9. The molecule has 2 aromatic heterocycles. The minimum absolute atomic E-state index is 0.0242. The molecule has 0 bridgehead atoms. The molecule has 3 aromatic carbocycles. The molecule has 1 amide bonds. The largest absolute Gasteiger partial charge is 0.358 e. The lowest BCUT2D eigenvalue weighted by Gasteiger charge is -2.15. The summed E-state index contributed by atoms with van der Waals surface area (Å²) in [5.41, 5.74) is 5.66. The van der Waals surface area contributed by atoms with Crippen LogP contribution >= 0.6 is 11.8 Å². The zero-order chi connectivity index (χ0) is 27.8. The summed E-state index contributed by atoms with van der Waals surface area (Å²) in [6.45, 7) is 9.63. The number of rotatable bonds is 7. The average Bonchev–Trinajstić information content (AvgIpc) is 3.21. The first kappa shape index (κ1) is 26.4. The molecule has 0 spiro atoms. The highest BCUT2D eigenvalue weighted by Gasteiger charge is 2.20. The van der Waals surface area contributed by atoms with Gasteiger partial charge in [0.15, 0.2) is 10.9 Å². The number of ketones is 1.